The van der Waals surface area contributed by atoms with Gasteiger partial charge in [-0.15, -0.1) is 0 Å². The van der Waals surface area contributed by atoms with Gasteiger partial charge in [0.15, 0.2) is 11.5 Å². The van der Waals surface area contributed by atoms with E-state index in [1.165, 1.54) is 25.3 Å². The van der Waals surface area contributed by atoms with Crippen molar-refractivity contribution in [3.8, 4) is 17.6 Å². The Bertz CT molecular complexity index is 988. The molecule has 0 spiro atoms. The van der Waals surface area contributed by atoms with Crippen molar-refractivity contribution >= 4 is 23.6 Å². The lowest BCUT2D eigenvalue weighted by atomic mass is 10.1. The first-order valence-electron chi connectivity index (χ1n) is 9.14. The molecule has 0 saturated carbocycles. The van der Waals surface area contributed by atoms with Crippen molar-refractivity contribution in [1.82, 2.24) is 0 Å². The highest BCUT2D eigenvalue weighted by atomic mass is 16.5. The topological polar surface area (TPSA) is 97.7 Å². The van der Waals surface area contributed by atoms with Crippen LogP contribution in [0.1, 0.15) is 22.8 Å². The molecule has 0 atom stereocenters. The minimum absolute atomic E-state index is 0.0914. The molecule has 0 aromatic heterocycles. The van der Waals surface area contributed by atoms with Crippen LogP contribution >= 0.6 is 0 Å². The minimum Gasteiger partial charge on any atom is -0.493 e. The number of nitriles is 1. The first kappa shape index (κ1) is 22.2. The van der Waals surface area contributed by atoms with E-state index in [-0.39, 0.29) is 12.2 Å². The van der Waals surface area contributed by atoms with E-state index in [1.807, 2.05) is 6.07 Å². The molecule has 0 unspecified atom stereocenters. The van der Waals surface area contributed by atoms with E-state index in [4.69, 9.17) is 14.2 Å². The fraction of sp³-hybridized carbons (Fsp3) is 0.174. The lowest BCUT2D eigenvalue weighted by Crippen LogP contribution is -2.13. The van der Waals surface area contributed by atoms with Gasteiger partial charge in [0.2, 0.25) is 0 Å². The second kappa shape index (κ2) is 11.1. The summed E-state index contributed by atoms with van der Waals surface area (Å²) >= 11 is 0. The molecule has 0 aliphatic carbocycles. The summed E-state index contributed by atoms with van der Waals surface area (Å²) in [4.78, 5) is 24.2. The number of hydrogen-bond acceptors (Lipinski definition) is 6. The van der Waals surface area contributed by atoms with Crippen LogP contribution in [0.2, 0.25) is 0 Å². The van der Waals surface area contributed by atoms with Crippen LogP contribution in [-0.4, -0.2) is 32.2 Å². The molecule has 2 aromatic carbocycles. The maximum absolute atomic E-state index is 12.5. The number of hydrogen-bond donors (Lipinski definition) is 1. The van der Waals surface area contributed by atoms with Gasteiger partial charge in [0.05, 0.1) is 19.3 Å². The summed E-state index contributed by atoms with van der Waals surface area (Å²) in [6.45, 7) is 5.92. The van der Waals surface area contributed by atoms with Crippen molar-refractivity contribution in [3.05, 3.63) is 71.8 Å². The molecule has 0 bridgehead atoms. The molecule has 2 rings (SSSR count). The van der Waals surface area contributed by atoms with Crippen molar-refractivity contribution in [1.29, 1.82) is 5.26 Å². The van der Waals surface area contributed by atoms with Gasteiger partial charge in [-0.3, -0.25) is 4.79 Å². The molecular weight excluding hydrogens is 384 g/mol. The van der Waals surface area contributed by atoms with Gasteiger partial charge in [-0.2, -0.15) is 5.26 Å². The number of amides is 1. The number of benzene rings is 2. The zero-order valence-electron chi connectivity index (χ0n) is 16.8. The highest BCUT2D eigenvalue weighted by Gasteiger charge is 2.12. The van der Waals surface area contributed by atoms with E-state index < -0.39 is 11.9 Å². The molecule has 0 heterocycles. The van der Waals surface area contributed by atoms with Crippen molar-refractivity contribution in [2.75, 3.05) is 25.6 Å². The predicted octanol–water partition coefficient (Wildman–Crippen LogP) is 3.98. The van der Waals surface area contributed by atoms with E-state index in [2.05, 4.69) is 11.9 Å². The predicted molar refractivity (Wildman–Crippen MR) is 113 cm³/mol. The Balaban J connectivity index is 2.16. The normalized spacial score (nSPS) is 10.5. The molecule has 7 nitrogen and oxygen atoms in total. The van der Waals surface area contributed by atoms with Crippen LogP contribution in [0.25, 0.3) is 6.08 Å². The smallest absolute Gasteiger partial charge is 0.338 e. The third kappa shape index (κ3) is 5.97. The first-order chi connectivity index (χ1) is 14.5. The number of methoxy groups -OCH3 is 1. The molecule has 1 N–H and O–H groups in total. The Kier molecular flexibility index (Phi) is 8.21. The van der Waals surface area contributed by atoms with Gasteiger partial charge < -0.3 is 19.5 Å². The zero-order chi connectivity index (χ0) is 21.9. The second-order valence-electron chi connectivity index (χ2n) is 5.93. The van der Waals surface area contributed by atoms with Gasteiger partial charge in [0, 0.05) is 5.69 Å². The number of carbonyl (C=O) groups is 2. The molecule has 0 fully saturated rings. The van der Waals surface area contributed by atoms with Gasteiger partial charge in [0.25, 0.3) is 5.91 Å². The van der Waals surface area contributed by atoms with Crippen LogP contribution in [0, 0.1) is 11.3 Å². The molecule has 154 valence electrons. The average Bonchev–Trinajstić information content (AvgIpc) is 2.76. The quantitative estimate of drug-likeness (QED) is 0.293. The van der Waals surface area contributed by atoms with Crippen molar-refractivity contribution in [2.24, 2.45) is 0 Å². The molecule has 0 aliphatic heterocycles. The summed E-state index contributed by atoms with van der Waals surface area (Å²) in [5, 5.41) is 12.0. The van der Waals surface area contributed by atoms with Crippen molar-refractivity contribution in [3.63, 3.8) is 0 Å². The Hall–Kier alpha value is -4.05. The molecule has 7 heteroatoms. The van der Waals surface area contributed by atoms with Gasteiger partial charge in [-0.05, 0) is 55.0 Å². The van der Waals surface area contributed by atoms with Gasteiger partial charge in [0.1, 0.15) is 18.2 Å². The SMILES string of the molecule is C=CCOc1ccc(/C=C(\C#N)C(=O)Nc2ccc(C(=O)OCC)cc2)cc1OC. The first-order valence-corrected chi connectivity index (χ1v) is 9.14. The van der Waals surface area contributed by atoms with Crippen LogP contribution < -0.4 is 14.8 Å². The largest absolute Gasteiger partial charge is 0.493 e. The van der Waals surface area contributed by atoms with E-state index in [1.54, 1.807) is 43.3 Å². The van der Waals surface area contributed by atoms with Crippen LogP contribution in [0.3, 0.4) is 0 Å². The van der Waals surface area contributed by atoms with Crippen LogP contribution in [-0.2, 0) is 9.53 Å². The molecule has 0 saturated heterocycles. The molecular formula is C23H22N2O5. The van der Waals surface area contributed by atoms with E-state index in [9.17, 15) is 14.9 Å². The number of rotatable bonds is 9. The lowest BCUT2D eigenvalue weighted by molar-refractivity contribution is -0.112. The summed E-state index contributed by atoms with van der Waals surface area (Å²) < 4.78 is 15.7. The standard InChI is InChI=1S/C23H22N2O5/c1-4-12-30-20-11-6-16(14-21(20)28-3)13-18(15-24)22(26)25-19-9-7-17(8-10-19)23(27)29-5-2/h4,6-11,13-14H,1,5,12H2,2-3H3,(H,25,26)/b18-13+. The third-order valence-electron chi connectivity index (χ3n) is 3.87. The van der Waals surface area contributed by atoms with Crippen molar-refractivity contribution in [2.45, 2.75) is 6.92 Å². The minimum atomic E-state index is -0.577. The molecule has 30 heavy (non-hydrogen) atoms. The summed E-state index contributed by atoms with van der Waals surface area (Å²) in [7, 11) is 1.50. The summed E-state index contributed by atoms with van der Waals surface area (Å²) in [6.07, 6.45) is 3.06. The highest BCUT2D eigenvalue weighted by molar-refractivity contribution is 6.09. The molecule has 0 radical (unpaired) electrons. The number of nitrogens with one attached hydrogen (secondary N) is 1. The van der Waals surface area contributed by atoms with Gasteiger partial charge >= 0.3 is 5.97 Å². The Morgan fingerprint density at radius 2 is 1.90 bits per heavy atom. The number of nitrogens with zero attached hydrogens (tertiary/aromatic N) is 1. The van der Waals surface area contributed by atoms with E-state index >= 15 is 0 Å². The van der Waals surface area contributed by atoms with Gasteiger partial charge in [-0.25, -0.2) is 4.79 Å². The highest BCUT2D eigenvalue weighted by Crippen LogP contribution is 2.29. The monoisotopic (exact) mass is 406 g/mol. The molecule has 0 aliphatic rings. The summed E-state index contributed by atoms with van der Waals surface area (Å²) in [6, 6.07) is 13.2. The number of anilines is 1. The molecule has 2 aromatic rings. The second-order valence-corrected chi connectivity index (χ2v) is 5.93. The van der Waals surface area contributed by atoms with Crippen LogP contribution in [0.4, 0.5) is 5.69 Å². The average molecular weight is 406 g/mol. The number of esters is 1. The molecule has 1 amide bonds. The fourth-order valence-electron chi connectivity index (χ4n) is 2.46. The third-order valence-corrected chi connectivity index (χ3v) is 3.87. The van der Waals surface area contributed by atoms with E-state index in [0.717, 1.165) is 0 Å². The maximum atomic E-state index is 12.5. The Morgan fingerprint density at radius 1 is 1.17 bits per heavy atom. The fourth-order valence-corrected chi connectivity index (χ4v) is 2.46. The van der Waals surface area contributed by atoms with E-state index in [0.29, 0.717) is 34.9 Å². The number of carbonyl (C=O) groups excluding carboxylic acids is 2. The summed E-state index contributed by atoms with van der Waals surface area (Å²) in [5.41, 5.74) is 1.32. The van der Waals surface area contributed by atoms with Crippen LogP contribution in [0.5, 0.6) is 11.5 Å². The van der Waals surface area contributed by atoms with Crippen LogP contribution in [0.15, 0.2) is 60.7 Å². The lowest BCUT2D eigenvalue weighted by Gasteiger charge is -2.10. The zero-order valence-corrected chi connectivity index (χ0v) is 16.8. The van der Waals surface area contributed by atoms with Crippen molar-refractivity contribution < 1.29 is 23.8 Å². The van der Waals surface area contributed by atoms with Gasteiger partial charge in [-0.1, -0.05) is 18.7 Å². The Labute approximate surface area is 175 Å². The number of ether oxygens (including phenoxy) is 3. The summed E-state index contributed by atoms with van der Waals surface area (Å²) in [5.74, 6) is -0.0214. The Morgan fingerprint density at radius 3 is 2.50 bits per heavy atom. The maximum Gasteiger partial charge on any atom is 0.338 e.